The number of nitrogens with one attached hydrogen (secondary N) is 1. The highest BCUT2D eigenvalue weighted by atomic mass is 16.5. The van der Waals surface area contributed by atoms with Gasteiger partial charge in [0.15, 0.2) is 0 Å². The Morgan fingerprint density at radius 2 is 2.33 bits per heavy atom. The number of ether oxygens (including phenoxy) is 2. The Morgan fingerprint density at radius 3 is 2.89 bits per heavy atom. The van der Waals surface area contributed by atoms with E-state index in [1.165, 1.54) is 13.3 Å². The first-order chi connectivity index (χ1) is 8.67. The van der Waals surface area contributed by atoms with Crippen molar-refractivity contribution >= 4 is 11.8 Å². The van der Waals surface area contributed by atoms with Gasteiger partial charge in [0.2, 0.25) is 0 Å². The molecule has 6 nitrogen and oxygen atoms in total. The summed E-state index contributed by atoms with van der Waals surface area (Å²) in [6.45, 7) is 2.67. The Morgan fingerprint density at radius 1 is 1.56 bits per heavy atom. The summed E-state index contributed by atoms with van der Waals surface area (Å²) in [6.07, 6.45) is 0.838. The van der Waals surface area contributed by atoms with E-state index >= 15 is 0 Å². The first kappa shape index (κ1) is 14.4. The van der Waals surface area contributed by atoms with Gasteiger partial charge in [-0.25, -0.2) is 9.78 Å². The smallest absolute Gasteiger partial charge is 0.339 e. The van der Waals surface area contributed by atoms with Crippen LogP contribution in [0.5, 0.6) is 0 Å². The van der Waals surface area contributed by atoms with Crippen molar-refractivity contribution in [2.75, 3.05) is 32.2 Å². The van der Waals surface area contributed by atoms with Crippen molar-refractivity contribution in [3.63, 3.8) is 0 Å². The van der Waals surface area contributed by atoms with Crippen LogP contribution < -0.4 is 5.32 Å². The molecule has 1 aromatic rings. The van der Waals surface area contributed by atoms with Gasteiger partial charge in [-0.05, 0) is 19.1 Å². The van der Waals surface area contributed by atoms with Gasteiger partial charge in [-0.1, -0.05) is 0 Å². The predicted molar refractivity (Wildman–Crippen MR) is 66.6 cm³/mol. The van der Waals surface area contributed by atoms with Gasteiger partial charge in [0, 0.05) is 19.9 Å². The standard InChI is InChI=1S/C12H18N2O4/c1-3-18-12(16)9-4-5-11(13-6-9)14-7-10(15)8-17-2/h4-6,10,15H,3,7-8H2,1-2H3,(H,13,14). The minimum absolute atomic E-state index is 0.258. The maximum absolute atomic E-state index is 11.4. The number of anilines is 1. The molecule has 1 heterocycles. The summed E-state index contributed by atoms with van der Waals surface area (Å²) in [4.78, 5) is 15.4. The molecule has 1 atom stereocenters. The Kier molecular flexibility index (Phi) is 6.10. The molecular weight excluding hydrogens is 236 g/mol. The van der Waals surface area contributed by atoms with E-state index in [4.69, 9.17) is 9.47 Å². The largest absolute Gasteiger partial charge is 0.462 e. The molecular formula is C12H18N2O4. The number of hydrogen-bond donors (Lipinski definition) is 2. The fraction of sp³-hybridized carbons (Fsp3) is 0.500. The van der Waals surface area contributed by atoms with E-state index in [1.54, 1.807) is 19.1 Å². The van der Waals surface area contributed by atoms with Crippen molar-refractivity contribution in [1.82, 2.24) is 4.98 Å². The van der Waals surface area contributed by atoms with Gasteiger partial charge in [0.05, 0.1) is 24.9 Å². The lowest BCUT2D eigenvalue weighted by atomic mass is 10.3. The average molecular weight is 254 g/mol. The van der Waals surface area contributed by atoms with Gasteiger partial charge in [-0.2, -0.15) is 0 Å². The number of rotatable bonds is 7. The maximum Gasteiger partial charge on any atom is 0.339 e. The molecule has 6 heteroatoms. The third-order valence-electron chi connectivity index (χ3n) is 2.15. The second-order valence-corrected chi connectivity index (χ2v) is 3.64. The number of esters is 1. The number of aromatic nitrogens is 1. The Hall–Kier alpha value is -1.66. The maximum atomic E-state index is 11.4. The molecule has 0 aliphatic rings. The topological polar surface area (TPSA) is 80.7 Å². The number of hydrogen-bond acceptors (Lipinski definition) is 6. The molecule has 0 spiro atoms. The number of carbonyl (C=O) groups excluding carboxylic acids is 1. The molecule has 2 N–H and O–H groups in total. The molecule has 0 aromatic carbocycles. The Bertz CT molecular complexity index is 367. The van der Waals surface area contributed by atoms with E-state index in [1.807, 2.05) is 0 Å². The minimum atomic E-state index is -0.596. The summed E-state index contributed by atoms with van der Waals surface area (Å²) < 4.78 is 9.64. The molecule has 1 rings (SSSR count). The molecule has 1 unspecified atom stereocenters. The Labute approximate surface area is 106 Å². The molecule has 0 bridgehead atoms. The number of carbonyl (C=O) groups is 1. The van der Waals surface area contributed by atoms with Crippen LogP contribution in [-0.2, 0) is 9.47 Å². The zero-order valence-electron chi connectivity index (χ0n) is 10.5. The third-order valence-corrected chi connectivity index (χ3v) is 2.15. The Balaban J connectivity index is 2.47. The van der Waals surface area contributed by atoms with Gasteiger partial charge in [-0.15, -0.1) is 0 Å². The number of aliphatic hydroxyl groups excluding tert-OH is 1. The fourth-order valence-electron chi connectivity index (χ4n) is 1.31. The van der Waals surface area contributed by atoms with Crippen LogP contribution in [0.3, 0.4) is 0 Å². The zero-order valence-corrected chi connectivity index (χ0v) is 10.5. The van der Waals surface area contributed by atoms with E-state index < -0.39 is 12.1 Å². The van der Waals surface area contributed by atoms with E-state index in [2.05, 4.69) is 10.3 Å². The molecule has 0 aliphatic heterocycles. The molecule has 0 fully saturated rings. The lowest BCUT2D eigenvalue weighted by Crippen LogP contribution is -2.24. The highest BCUT2D eigenvalue weighted by molar-refractivity contribution is 5.89. The van der Waals surface area contributed by atoms with Crippen molar-refractivity contribution in [1.29, 1.82) is 0 Å². The van der Waals surface area contributed by atoms with Crippen molar-refractivity contribution in [2.24, 2.45) is 0 Å². The highest BCUT2D eigenvalue weighted by Gasteiger charge is 2.07. The van der Waals surface area contributed by atoms with Gasteiger partial charge < -0.3 is 19.9 Å². The second kappa shape index (κ2) is 7.62. The van der Waals surface area contributed by atoms with Crippen LogP contribution in [0.4, 0.5) is 5.82 Å². The van der Waals surface area contributed by atoms with E-state index in [9.17, 15) is 9.90 Å². The van der Waals surface area contributed by atoms with E-state index in [-0.39, 0.29) is 6.61 Å². The summed E-state index contributed by atoms with van der Waals surface area (Å²) in [7, 11) is 1.52. The molecule has 100 valence electrons. The van der Waals surface area contributed by atoms with Gasteiger partial charge >= 0.3 is 5.97 Å². The van der Waals surface area contributed by atoms with E-state index in [0.717, 1.165) is 0 Å². The normalized spacial score (nSPS) is 11.9. The third kappa shape index (κ3) is 4.68. The van der Waals surface area contributed by atoms with Crippen molar-refractivity contribution in [3.05, 3.63) is 23.9 Å². The summed E-state index contributed by atoms with van der Waals surface area (Å²) in [5.41, 5.74) is 0.403. The summed E-state index contributed by atoms with van der Waals surface area (Å²) in [5.74, 6) is 0.189. The monoisotopic (exact) mass is 254 g/mol. The van der Waals surface area contributed by atoms with E-state index in [0.29, 0.717) is 24.5 Å². The van der Waals surface area contributed by atoms with Crippen LogP contribution in [0.15, 0.2) is 18.3 Å². The molecule has 1 aromatic heterocycles. The predicted octanol–water partition coefficient (Wildman–Crippen LogP) is 0.677. The SMILES string of the molecule is CCOC(=O)c1ccc(NCC(O)COC)nc1. The average Bonchev–Trinajstić information content (AvgIpc) is 2.37. The fourth-order valence-corrected chi connectivity index (χ4v) is 1.31. The molecule has 0 saturated heterocycles. The van der Waals surface area contributed by atoms with Crippen LogP contribution in [0.25, 0.3) is 0 Å². The molecule has 0 amide bonds. The zero-order chi connectivity index (χ0) is 13.4. The number of aliphatic hydroxyl groups is 1. The number of pyridine rings is 1. The second-order valence-electron chi connectivity index (χ2n) is 3.64. The highest BCUT2D eigenvalue weighted by Crippen LogP contribution is 2.06. The van der Waals surface area contributed by atoms with Gasteiger partial charge in [0.25, 0.3) is 0 Å². The molecule has 18 heavy (non-hydrogen) atoms. The first-order valence-electron chi connectivity index (χ1n) is 5.71. The van der Waals surface area contributed by atoms with Crippen LogP contribution >= 0.6 is 0 Å². The van der Waals surface area contributed by atoms with Crippen LogP contribution in [-0.4, -0.2) is 49.0 Å². The van der Waals surface area contributed by atoms with Crippen molar-refractivity contribution in [3.8, 4) is 0 Å². The summed E-state index contributed by atoms with van der Waals surface area (Å²) >= 11 is 0. The lowest BCUT2D eigenvalue weighted by molar-refractivity contribution is 0.0526. The van der Waals surface area contributed by atoms with Crippen LogP contribution in [0.1, 0.15) is 17.3 Å². The van der Waals surface area contributed by atoms with Crippen molar-refractivity contribution in [2.45, 2.75) is 13.0 Å². The quantitative estimate of drug-likeness (QED) is 0.696. The summed E-state index contributed by atoms with van der Waals surface area (Å²) in [6, 6.07) is 3.28. The lowest BCUT2D eigenvalue weighted by Gasteiger charge is -2.11. The molecule has 0 aliphatic carbocycles. The first-order valence-corrected chi connectivity index (χ1v) is 5.71. The van der Waals surface area contributed by atoms with Crippen LogP contribution in [0.2, 0.25) is 0 Å². The minimum Gasteiger partial charge on any atom is -0.462 e. The summed E-state index contributed by atoms with van der Waals surface area (Å²) in [5, 5.41) is 12.4. The number of methoxy groups -OCH3 is 1. The van der Waals surface area contributed by atoms with Crippen LogP contribution in [0, 0.1) is 0 Å². The molecule has 0 saturated carbocycles. The van der Waals surface area contributed by atoms with Gasteiger partial charge in [0.1, 0.15) is 5.82 Å². The number of nitrogens with zero attached hydrogens (tertiary/aromatic N) is 1. The van der Waals surface area contributed by atoms with Gasteiger partial charge in [-0.3, -0.25) is 0 Å². The van der Waals surface area contributed by atoms with Crippen molar-refractivity contribution < 1.29 is 19.4 Å². The molecule has 0 radical (unpaired) electrons.